The molecule has 1 amide bonds. The Kier molecular flexibility index (Phi) is 6.44. The first-order chi connectivity index (χ1) is 16.0. The standard InChI is InChI=1S/C25H24N2O6/c1-31-22-14-17-11-12-26(24(28)16-33-20-9-4-3-5-10-20)25(21(17)15-23(22)32-2)18-7-6-8-19(13-18)27(29)30/h3-10,13-15,25H,11-12,16H2,1-2H3/t25-/m0/s1. The van der Waals surface area contributed by atoms with Crippen molar-refractivity contribution in [3.63, 3.8) is 0 Å². The molecule has 0 aromatic heterocycles. The van der Waals surface area contributed by atoms with Crippen LogP contribution in [0, 0.1) is 10.1 Å². The lowest BCUT2D eigenvalue weighted by Crippen LogP contribution is -2.43. The van der Waals surface area contributed by atoms with Crippen molar-refractivity contribution in [2.75, 3.05) is 27.4 Å². The summed E-state index contributed by atoms with van der Waals surface area (Å²) in [6.07, 6.45) is 0.609. The quantitative estimate of drug-likeness (QED) is 0.398. The number of ether oxygens (including phenoxy) is 3. The molecule has 0 radical (unpaired) electrons. The van der Waals surface area contributed by atoms with Crippen LogP contribution >= 0.6 is 0 Å². The van der Waals surface area contributed by atoms with E-state index < -0.39 is 11.0 Å². The Bertz CT molecular complexity index is 1160. The Morgan fingerprint density at radius 3 is 2.45 bits per heavy atom. The average Bonchev–Trinajstić information content (AvgIpc) is 2.86. The van der Waals surface area contributed by atoms with Gasteiger partial charge in [0.15, 0.2) is 18.1 Å². The average molecular weight is 448 g/mol. The van der Waals surface area contributed by atoms with Crippen molar-refractivity contribution < 1.29 is 23.9 Å². The molecule has 8 heteroatoms. The van der Waals surface area contributed by atoms with Gasteiger partial charge < -0.3 is 19.1 Å². The highest BCUT2D eigenvalue weighted by atomic mass is 16.6. The fourth-order valence-corrected chi connectivity index (χ4v) is 4.13. The Balaban J connectivity index is 1.74. The van der Waals surface area contributed by atoms with Crippen molar-refractivity contribution in [3.8, 4) is 17.2 Å². The molecule has 3 aromatic carbocycles. The number of fused-ring (bicyclic) bond motifs is 1. The van der Waals surface area contributed by atoms with E-state index in [4.69, 9.17) is 14.2 Å². The van der Waals surface area contributed by atoms with Gasteiger partial charge in [-0.25, -0.2) is 0 Å². The smallest absolute Gasteiger partial charge is 0.269 e. The van der Waals surface area contributed by atoms with Crippen LogP contribution in [0.1, 0.15) is 22.7 Å². The number of amides is 1. The number of rotatable bonds is 7. The second kappa shape index (κ2) is 9.60. The molecule has 4 rings (SSSR count). The van der Waals surface area contributed by atoms with Gasteiger partial charge in [-0.05, 0) is 47.4 Å². The first-order valence-corrected chi connectivity index (χ1v) is 10.5. The first-order valence-electron chi connectivity index (χ1n) is 10.5. The van der Waals surface area contributed by atoms with Crippen LogP contribution < -0.4 is 14.2 Å². The first kappa shape index (κ1) is 22.1. The summed E-state index contributed by atoms with van der Waals surface area (Å²) in [7, 11) is 3.12. The van der Waals surface area contributed by atoms with Crippen LogP contribution in [0.3, 0.4) is 0 Å². The largest absolute Gasteiger partial charge is 0.493 e. The number of benzene rings is 3. The normalized spacial score (nSPS) is 14.8. The van der Waals surface area contributed by atoms with E-state index in [1.165, 1.54) is 12.1 Å². The number of methoxy groups -OCH3 is 2. The summed E-state index contributed by atoms with van der Waals surface area (Å²) in [6.45, 7) is 0.297. The molecule has 170 valence electrons. The van der Waals surface area contributed by atoms with Gasteiger partial charge in [0.1, 0.15) is 5.75 Å². The van der Waals surface area contributed by atoms with Crippen LogP contribution in [0.2, 0.25) is 0 Å². The highest BCUT2D eigenvalue weighted by molar-refractivity contribution is 5.79. The lowest BCUT2D eigenvalue weighted by atomic mass is 9.87. The van der Waals surface area contributed by atoms with Gasteiger partial charge in [-0.15, -0.1) is 0 Å². The van der Waals surface area contributed by atoms with E-state index in [2.05, 4.69) is 0 Å². The maximum Gasteiger partial charge on any atom is 0.269 e. The molecule has 1 heterocycles. The van der Waals surface area contributed by atoms with Crippen LogP contribution in [0.15, 0.2) is 66.7 Å². The molecule has 0 unspecified atom stereocenters. The Morgan fingerprint density at radius 2 is 1.76 bits per heavy atom. The van der Waals surface area contributed by atoms with E-state index in [1.807, 2.05) is 30.3 Å². The van der Waals surface area contributed by atoms with Crippen molar-refractivity contribution in [3.05, 3.63) is 93.5 Å². The molecule has 0 N–H and O–H groups in total. The number of non-ortho nitro benzene ring substituents is 1. The van der Waals surface area contributed by atoms with Crippen molar-refractivity contribution in [1.82, 2.24) is 4.90 Å². The highest BCUT2D eigenvalue weighted by Crippen LogP contribution is 2.41. The van der Waals surface area contributed by atoms with Gasteiger partial charge in [-0.3, -0.25) is 14.9 Å². The predicted octanol–water partition coefficient (Wildman–Crippen LogP) is 4.17. The number of hydrogen-bond donors (Lipinski definition) is 0. The van der Waals surface area contributed by atoms with Gasteiger partial charge in [0.2, 0.25) is 0 Å². The maximum atomic E-state index is 13.3. The summed E-state index contributed by atoms with van der Waals surface area (Å²) in [6, 6.07) is 18.7. The molecule has 0 saturated carbocycles. The van der Waals surface area contributed by atoms with E-state index in [9.17, 15) is 14.9 Å². The van der Waals surface area contributed by atoms with Gasteiger partial charge in [0, 0.05) is 18.7 Å². The zero-order valence-corrected chi connectivity index (χ0v) is 18.4. The Morgan fingerprint density at radius 1 is 1.03 bits per heavy atom. The zero-order valence-electron chi connectivity index (χ0n) is 18.4. The summed E-state index contributed by atoms with van der Waals surface area (Å²) < 4.78 is 16.6. The van der Waals surface area contributed by atoms with Gasteiger partial charge in [-0.2, -0.15) is 0 Å². The number of nitrogens with zero attached hydrogens (tertiary/aromatic N) is 2. The molecule has 8 nitrogen and oxygen atoms in total. The Hall–Kier alpha value is -4.07. The van der Waals surface area contributed by atoms with Crippen LogP contribution in [-0.4, -0.2) is 43.1 Å². The van der Waals surface area contributed by atoms with E-state index in [-0.39, 0.29) is 18.2 Å². The molecule has 33 heavy (non-hydrogen) atoms. The van der Waals surface area contributed by atoms with Crippen LogP contribution in [0.25, 0.3) is 0 Å². The molecule has 1 aliphatic rings. The van der Waals surface area contributed by atoms with E-state index in [0.717, 1.165) is 11.1 Å². The van der Waals surface area contributed by atoms with E-state index in [0.29, 0.717) is 35.8 Å². The lowest BCUT2D eigenvalue weighted by molar-refractivity contribution is -0.384. The summed E-state index contributed by atoms with van der Waals surface area (Å²) in [5, 5.41) is 11.4. The van der Waals surface area contributed by atoms with E-state index >= 15 is 0 Å². The summed E-state index contributed by atoms with van der Waals surface area (Å²) in [5.41, 5.74) is 2.45. The second-order valence-electron chi connectivity index (χ2n) is 7.60. The van der Waals surface area contributed by atoms with Gasteiger partial charge in [-0.1, -0.05) is 30.3 Å². The van der Waals surface area contributed by atoms with Gasteiger partial charge in [0.05, 0.1) is 25.2 Å². The molecule has 0 spiro atoms. The van der Waals surface area contributed by atoms with Crippen LogP contribution in [-0.2, 0) is 11.2 Å². The summed E-state index contributed by atoms with van der Waals surface area (Å²) in [4.78, 5) is 25.9. The van der Waals surface area contributed by atoms with Crippen molar-refractivity contribution in [2.24, 2.45) is 0 Å². The fourth-order valence-electron chi connectivity index (χ4n) is 4.13. The third kappa shape index (κ3) is 4.59. The third-order valence-electron chi connectivity index (χ3n) is 5.70. The zero-order chi connectivity index (χ0) is 23.4. The monoisotopic (exact) mass is 448 g/mol. The van der Waals surface area contributed by atoms with Crippen LogP contribution in [0.4, 0.5) is 5.69 Å². The van der Waals surface area contributed by atoms with Crippen molar-refractivity contribution in [1.29, 1.82) is 0 Å². The van der Waals surface area contributed by atoms with Crippen molar-refractivity contribution >= 4 is 11.6 Å². The number of carbonyl (C=O) groups excluding carboxylic acids is 1. The molecule has 1 aliphatic heterocycles. The number of carbonyl (C=O) groups is 1. The topological polar surface area (TPSA) is 91.1 Å². The number of nitro groups is 1. The molecule has 0 aliphatic carbocycles. The van der Waals surface area contributed by atoms with Gasteiger partial charge in [0.25, 0.3) is 11.6 Å². The molecule has 0 fully saturated rings. The molecule has 0 saturated heterocycles. The minimum atomic E-state index is -0.527. The SMILES string of the molecule is COc1cc2c(cc1OC)[C@H](c1cccc([N+](=O)[O-])c1)N(C(=O)COc1ccccc1)CC2. The van der Waals surface area contributed by atoms with Crippen molar-refractivity contribution in [2.45, 2.75) is 12.5 Å². The fraction of sp³-hybridized carbons (Fsp3) is 0.240. The minimum Gasteiger partial charge on any atom is -0.493 e. The maximum absolute atomic E-state index is 13.3. The number of nitro benzene ring substituents is 1. The second-order valence-corrected chi connectivity index (χ2v) is 7.60. The number of hydrogen-bond acceptors (Lipinski definition) is 6. The molecular formula is C25H24N2O6. The predicted molar refractivity (Wildman–Crippen MR) is 122 cm³/mol. The van der Waals surface area contributed by atoms with E-state index in [1.54, 1.807) is 43.4 Å². The molecular weight excluding hydrogens is 424 g/mol. The lowest BCUT2D eigenvalue weighted by Gasteiger charge is -2.38. The Labute approximate surface area is 191 Å². The molecule has 0 bridgehead atoms. The highest BCUT2D eigenvalue weighted by Gasteiger charge is 2.34. The third-order valence-corrected chi connectivity index (χ3v) is 5.70. The summed E-state index contributed by atoms with van der Waals surface area (Å²) >= 11 is 0. The summed E-state index contributed by atoms with van der Waals surface area (Å²) in [5.74, 6) is 1.51. The molecule has 3 aromatic rings. The molecule has 1 atom stereocenters. The number of para-hydroxylation sites is 1. The van der Waals surface area contributed by atoms with Crippen LogP contribution in [0.5, 0.6) is 17.2 Å². The minimum absolute atomic E-state index is 0.0342. The van der Waals surface area contributed by atoms with Gasteiger partial charge >= 0.3 is 0 Å².